The lowest BCUT2D eigenvalue weighted by Crippen LogP contribution is -2.42. The van der Waals surface area contributed by atoms with Gasteiger partial charge in [-0.05, 0) is 48.7 Å². The summed E-state index contributed by atoms with van der Waals surface area (Å²) in [5.74, 6) is -0.522. The maximum absolute atomic E-state index is 12.6. The van der Waals surface area contributed by atoms with Gasteiger partial charge in [0.1, 0.15) is 6.54 Å². The van der Waals surface area contributed by atoms with E-state index in [2.05, 4.69) is 0 Å². The van der Waals surface area contributed by atoms with Crippen molar-refractivity contribution in [3.05, 3.63) is 52.4 Å². The van der Waals surface area contributed by atoms with E-state index in [0.29, 0.717) is 18.0 Å². The molecule has 5 nitrogen and oxygen atoms in total. The molecule has 1 aromatic carbocycles. The predicted octanol–water partition coefficient (Wildman–Crippen LogP) is 4.07. The molecule has 1 aromatic rings. The number of rotatable bonds is 4. The highest BCUT2D eigenvalue weighted by Gasteiger charge is 2.37. The Bertz CT molecular complexity index is 778. The summed E-state index contributed by atoms with van der Waals surface area (Å²) in [5, 5.41) is -0.373. The van der Waals surface area contributed by atoms with Gasteiger partial charge < -0.3 is 4.90 Å². The first-order valence-electron chi connectivity index (χ1n) is 9.31. The third-order valence-corrected chi connectivity index (χ3v) is 5.59. The van der Waals surface area contributed by atoms with Crippen molar-refractivity contribution in [1.82, 2.24) is 9.80 Å². The summed E-state index contributed by atoms with van der Waals surface area (Å²) in [5.41, 5.74) is 1.91. The Hall–Kier alpha value is -2.34. The van der Waals surface area contributed by atoms with Gasteiger partial charge in [0.05, 0.1) is 4.91 Å². The summed E-state index contributed by atoms with van der Waals surface area (Å²) in [6, 6.07) is 9.79. The number of nitrogens with zero attached hydrogens (tertiary/aromatic N) is 2. The molecule has 0 unspecified atom stereocenters. The zero-order valence-corrected chi connectivity index (χ0v) is 16.3. The molecule has 2 saturated heterocycles. The third kappa shape index (κ3) is 5.10. The minimum atomic E-state index is -0.381. The number of imide groups is 1. The lowest BCUT2D eigenvalue weighted by atomic mass is 10.1. The molecule has 0 spiro atoms. The van der Waals surface area contributed by atoms with Crippen molar-refractivity contribution in [2.45, 2.75) is 32.6 Å². The largest absolute Gasteiger partial charge is 0.341 e. The topological polar surface area (TPSA) is 57.7 Å². The monoisotopic (exact) mass is 384 g/mol. The molecule has 3 rings (SSSR count). The molecule has 2 aliphatic heterocycles. The molecule has 142 valence electrons. The van der Waals surface area contributed by atoms with Gasteiger partial charge in [0.15, 0.2) is 0 Å². The van der Waals surface area contributed by atoms with E-state index in [1.165, 1.54) is 0 Å². The number of carbonyl (C=O) groups excluding carboxylic acids is 3. The molecular weight excluding hydrogens is 360 g/mol. The maximum atomic E-state index is 12.6. The van der Waals surface area contributed by atoms with Gasteiger partial charge in [-0.2, -0.15) is 0 Å². The molecule has 2 aliphatic rings. The Morgan fingerprint density at radius 2 is 1.74 bits per heavy atom. The number of hydrogen-bond donors (Lipinski definition) is 0. The standard InChI is InChI=1S/C21H24N2O3S/c1-16(13-17-9-5-4-6-10-17)14-18-20(25)23(21(26)27-18)15-19(24)22-11-7-2-3-8-12-22/h4-6,9-10,13-14H,2-3,7-8,11-12,15H2,1H3/b16-13+,18-14-. The van der Waals surface area contributed by atoms with Crippen molar-refractivity contribution >= 4 is 34.9 Å². The van der Waals surface area contributed by atoms with Crippen LogP contribution in [0.3, 0.4) is 0 Å². The van der Waals surface area contributed by atoms with E-state index in [9.17, 15) is 14.4 Å². The van der Waals surface area contributed by atoms with Crippen LogP contribution in [0.15, 0.2) is 46.9 Å². The van der Waals surface area contributed by atoms with Crippen LogP contribution in [0.5, 0.6) is 0 Å². The van der Waals surface area contributed by atoms with Crippen molar-refractivity contribution in [3.8, 4) is 0 Å². The molecule has 27 heavy (non-hydrogen) atoms. The number of carbonyl (C=O) groups is 3. The number of hydrogen-bond acceptors (Lipinski definition) is 4. The van der Waals surface area contributed by atoms with Gasteiger partial charge in [0.2, 0.25) is 5.91 Å². The lowest BCUT2D eigenvalue weighted by molar-refractivity contribution is -0.135. The van der Waals surface area contributed by atoms with E-state index >= 15 is 0 Å². The van der Waals surface area contributed by atoms with Crippen LogP contribution in [0.25, 0.3) is 6.08 Å². The fourth-order valence-electron chi connectivity index (χ4n) is 3.25. The molecule has 2 heterocycles. The average molecular weight is 385 g/mol. The van der Waals surface area contributed by atoms with Crippen LogP contribution >= 0.6 is 11.8 Å². The minimum Gasteiger partial charge on any atom is -0.341 e. The van der Waals surface area contributed by atoms with Gasteiger partial charge >= 0.3 is 0 Å². The normalized spacial score (nSPS) is 20.3. The second kappa shape index (κ2) is 9.04. The van der Waals surface area contributed by atoms with Crippen LogP contribution in [-0.2, 0) is 9.59 Å². The minimum absolute atomic E-state index is 0.142. The number of thioether (sulfide) groups is 1. The molecule has 6 heteroatoms. The van der Waals surface area contributed by atoms with Crippen LogP contribution in [-0.4, -0.2) is 46.5 Å². The molecule has 2 fully saturated rings. The first-order chi connectivity index (χ1) is 13.0. The van der Waals surface area contributed by atoms with Gasteiger partial charge in [0.25, 0.3) is 11.1 Å². The molecule has 0 bridgehead atoms. The molecule has 0 aromatic heterocycles. The molecule has 0 radical (unpaired) electrons. The summed E-state index contributed by atoms with van der Waals surface area (Å²) in [4.78, 5) is 40.6. The number of allylic oxidation sites excluding steroid dienone is 2. The first kappa shape index (κ1) is 19.4. The van der Waals surface area contributed by atoms with Gasteiger partial charge in [0, 0.05) is 13.1 Å². The third-order valence-electron chi connectivity index (χ3n) is 4.68. The average Bonchev–Trinajstić information content (AvgIpc) is 2.87. The lowest BCUT2D eigenvalue weighted by Gasteiger charge is -2.22. The van der Waals surface area contributed by atoms with E-state index in [1.807, 2.05) is 43.3 Å². The quantitative estimate of drug-likeness (QED) is 0.734. The molecule has 0 saturated carbocycles. The van der Waals surface area contributed by atoms with Gasteiger partial charge in [-0.15, -0.1) is 0 Å². The maximum Gasteiger partial charge on any atom is 0.294 e. The zero-order chi connectivity index (χ0) is 19.2. The van der Waals surface area contributed by atoms with E-state index < -0.39 is 0 Å². The molecule has 3 amide bonds. The summed E-state index contributed by atoms with van der Waals surface area (Å²) < 4.78 is 0. The Labute approximate surface area is 164 Å². The second-order valence-electron chi connectivity index (χ2n) is 6.86. The summed E-state index contributed by atoms with van der Waals surface area (Å²) in [6.07, 6.45) is 7.89. The van der Waals surface area contributed by atoms with Crippen molar-refractivity contribution in [2.24, 2.45) is 0 Å². The van der Waals surface area contributed by atoms with Crippen LogP contribution < -0.4 is 0 Å². The van der Waals surface area contributed by atoms with Crippen molar-refractivity contribution in [1.29, 1.82) is 0 Å². The van der Waals surface area contributed by atoms with Gasteiger partial charge in [-0.25, -0.2) is 0 Å². The Morgan fingerprint density at radius 1 is 1.07 bits per heavy atom. The molecular formula is C21H24N2O3S. The van der Waals surface area contributed by atoms with Crippen LogP contribution in [0, 0.1) is 0 Å². The SMILES string of the molecule is CC(/C=C1\SC(=O)N(CC(=O)N2CCCCCC2)C1=O)=C\c1ccccc1. The van der Waals surface area contributed by atoms with Crippen LogP contribution in [0.2, 0.25) is 0 Å². The second-order valence-corrected chi connectivity index (χ2v) is 7.86. The number of amides is 3. The summed E-state index contributed by atoms with van der Waals surface area (Å²) >= 11 is 0.900. The van der Waals surface area contributed by atoms with Gasteiger partial charge in [-0.1, -0.05) is 49.2 Å². The highest BCUT2D eigenvalue weighted by molar-refractivity contribution is 8.18. The smallest absolute Gasteiger partial charge is 0.294 e. The summed E-state index contributed by atoms with van der Waals surface area (Å²) in [7, 11) is 0. The van der Waals surface area contributed by atoms with Crippen LogP contribution in [0.1, 0.15) is 38.2 Å². The van der Waals surface area contributed by atoms with Crippen molar-refractivity contribution in [2.75, 3.05) is 19.6 Å². The highest BCUT2D eigenvalue weighted by atomic mass is 32.2. The fraction of sp³-hybridized carbons (Fsp3) is 0.381. The van der Waals surface area contributed by atoms with Gasteiger partial charge in [-0.3, -0.25) is 19.3 Å². The van der Waals surface area contributed by atoms with E-state index in [4.69, 9.17) is 0 Å². The summed E-state index contributed by atoms with van der Waals surface area (Å²) in [6.45, 7) is 3.15. The van der Waals surface area contributed by atoms with E-state index in [0.717, 1.165) is 53.5 Å². The Kier molecular flexibility index (Phi) is 6.50. The van der Waals surface area contributed by atoms with E-state index in [-0.39, 0.29) is 23.6 Å². The fourth-order valence-corrected chi connectivity index (χ4v) is 4.14. The van der Waals surface area contributed by atoms with Crippen LogP contribution in [0.4, 0.5) is 4.79 Å². The molecule has 0 atom stereocenters. The highest BCUT2D eigenvalue weighted by Crippen LogP contribution is 2.31. The number of benzene rings is 1. The van der Waals surface area contributed by atoms with E-state index in [1.54, 1.807) is 11.0 Å². The Balaban J connectivity index is 1.67. The number of likely N-dealkylation sites (tertiary alicyclic amines) is 1. The molecule has 0 N–H and O–H groups in total. The van der Waals surface area contributed by atoms with Crippen molar-refractivity contribution < 1.29 is 14.4 Å². The van der Waals surface area contributed by atoms with Crippen molar-refractivity contribution in [3.63, 3.8) is 0 Å². The molecule has 0 aliphatic carbocycles. The first-order valence-corrected chi connectivity index (χ1v) is 10.1. The predicted molar refractivity (Wildman–Crippen MR) is 108 cm³/mol. The Morgan fingerprint density at radius 3 is 2.41 bits per heavy atom. The zero-order valence-electron chi connectivity index (χ0n) is 15.5.